The first-order chi connectivity index (χ1) is 15.9. The fraction of sp³-hybridized carbons (Fsp3) is 0.440. The molecule has 1 saturated heterocycles. The van der Waals surface area contributed by atoms with Crippen molar-refractivity contribution in [2.24, 2.45) is 0 Å². The van der Waals surface area contributed by atoms with Gasteiger partial charge < -0.3 is 29.1 Å². The van der Waals surface area contributed by atoms with Crippen molar-refractivity contribution in [1.29, 1.82) is 0 Å². The molecule has 0 bridgehead atoms. The molecule has 2 N–H and O–H groups in total. The van der Waals surface area contributed by atoms with Gasteiger partial charge in [0.15, 0.2) is 0 Å². The summed E-state index contributed by atoms with van der Waals surface area (Å²) in [5.41, 5.74) is 4.51. The molecule has 1 amide bonds. The lowest BCUT2D eigenvalue weighted by atomic mass is 9.89. The van der Waals surface area contributed by atoms with Gasteiger partial charge in [0.2, 0.25) is 0 Å². The largest absolute Gasteiger partial charge is 0.497 e. The van der Waals surface area contributed by atoms with Crippen LogP contribution in [0.25, 0.3) is 10.9 Å². The summed E-state index contributed by atoms with van der Waals surface area (Å²) < 4.78 is 15.6. The predicted octanol–water partition coefficient (Wildman–Crippen LogP) is 3.94. The van der Waals surface area contributed by atoms with E-state index in [0.717, 1.165) is 24.1 Å². The summed E-state index contributed by atoms with van der Waals surface area (Å²) in [5.74, 6) is 0.689. The van der Waals surface area contributed by atoms with Gasteiger partial charge in [0.1, 0.15) is 18.1 Å². The Morgan fingerprint density at radius 3 is 2.58 bits per heavy atom. The number of hydrogen-bond acceptors (Lipinski definition) is 5. The molecule has 0 radical (unpaired) electrons. The van der Waals surface area contributed by atoms with Gasteiger partial charge in [-0.2, -0.15) is 0 Å². The van der Waals surface area contributed by atoms with Crippen LogP contribution >= 0.6 is 0 Å². The normalized spacial score (nSPS) is 14.6. The van der Waals surface area contributed by atoms with Gasteiger partial charge in [0, 0.05) is 43.0 Å². The number of methoxy groups -OCH3 is 2. The molecule has 1 aliphatic heterocycles. The van der Waals surface area contributed by atoms with Gasteiger partial charge in [0.25, 0.3) is 5.91 Å². The van der Waals surface area contributed by atoms with E-state index in [1.165, 1.54) is 10.9 Å². The Bertz CT molecular complexity index is 1150. The zero-order valence-corrected chi connectivity index (χ0v) is 19.6. The van der Waals surface area contributed by atoms with Gasteiger partial charge in [-0.25, -0.2) is 4.79 Å². The van der Waals surface area contributed by atoms with Crippen LogP contribution in [0.5, 0.6) is 5.75 Å². The number of carbonyl (C=O) groups excluding carboxylic acids is 2. The smallest absolute Gasteiger partial charge is 0.340 e. The summed E-state index contributed by atoms with van der Waals surface area (Å²) in [6.45, 7) is 5.40. The van der Waals surface area contributed by atoms with E-state index in [4.69, 9.17) is 14.2 Å². The van der Waals surface area contributed by atoms with Crippen LogP contribution < -0.4 is 4.74 Å². The third-order valence-corrected chi connectivity index (χ3v) is 6.52. The van der Waals surface area contributed by atoms with Crippen LogP contribution in [0.2, 0.25) is 0 Å². The van der Waals surface area contributed by atoms with E-state index in [9.17, 15) is 9.59 Å². The molecule has 33 heavy (non-hydrogen) atoms. The third-order valence-electron chi connectivity index (χ3n) is 6.52. The minimum absolute atomic E-state index is 0.0782. The first kappa shape index (κ1) is 22.9. The fourth-order valence-electron chi connectivity index (χ4n) is 4.70. The van der Waals surface area contributed by atoms with Crippen LogP contribution in [-0.4, -0.2) is 67.3 Å². The van der Waals surface area contributed by atoms with E-state index in [-0.39, 0.29) is 12.5 Å². The monoisotopic (exact) mass is 453 g/mol. The van der Waals surface area contributed by atoms with Crippen LogP contribution in [0.3, 0.4) is 0 Å². The number of H-pyrrole nitrogens is 2. The first-order valence-electron chi connectivity index (χ1n) is 11.2. The molecule has 2 aromatic heterocycles. The Morgan fingerprint density at radius 1 is 1.12 bits per heavy atom. The quantitative estimate of drug-likeness (QED) is 0.417. The second kappa shape index (κ2) is 9.70. The molecule has 3 aromatic rings. The van der Waals surface area contributed by atoms with E-state index in [1.807, 2.05) is 17.0 Å². The van der Waals surface area contributed by atoms with E-state index in [2.05, 4.69) is 22.2 Å². The zero-order valence-electron chi connectivity index (χ0n) is 19.6. The Balaban J connectivity index is 1.45. The molecule has 4 rings (SSSR count). The van der Waals surface area contributed by atoms with Gasteiger partial charge >= 0.3 is 5.97 Å². The number of aryl methyl sites for hydroxylation is 1. The Labute approximate surface area is 193 Å². The van der Waals surface area contributed by atoms with Gasteiger partial charge in [-0.15, -0.1) is 0 Å². The van der Waals surface area contributed by atoms with Crippen molar-refractivity contribution in [2.45, 2.75) is 32.6 Å². The molecule has 0 atom stereocenters. The van der Waals surface area contributed by atoms with E-state index in [0.29, 0.717) is 48.1 Å². The summed E-state index contributed by atoms with van der Waals surface area (Å²) in [7, 11) is 3.22. The number of nitrogens with zero attached hydrogens (tertiary/aromatic N) is 1. The molecule has 0 spiro atoms. The number of rotatable bonds is 7. The molecular weight excluding hydrogens is 422 g/mol. The Kier molecular flexibility index (Phi) is 6.74. The molecule has 1 aromatic carbocycles. The molecule has 176 valence electrons. The Hall–Kier alpha value is -3.26. The average molecular weight is 454 g/mol. The fourth-order valence-corrected chi connectivity index (χ4v) is 4.70. The number of aromatic amines is 2. The molecule has 0 aliphatic carbocycles. The topological polar surface area (TPSA) is 96.6 Å². The minimum Gasteiger partial charge on any atom is -0.497 e. The molecule has 0 saturated carbocycles. The van der Waals surface area contributed by atoms with Crippen LogP contribution in [0, 0.1) is 13.8 Å². The van der Waals surface area contributed by atoms with Crippen molar-refractivity contribution in [2.75, 3.05) is 40.5 Å². The van der Waals surface area contributed by atoms with Gasteiger partial charge in [-0.3, -0.25) is 4.79 Å². The number of nitrogens with one attached hydrogen (secondary N) is 2. The molecule has 3 heterocycles. The number of piperidine rings is 1. The summed E-state index contributed by atoms with van der Waals surface area (Å²) >= 11 is 0. The minimum atomic E-state index is -0.439. The van der Waals surface area contributed by atoms with Crippen molar-refractivity contribution in [1.82, 2.24) is 14.9 Å². The predicted molar refractivity (Wildman–Crippen MR) is 125 cm³/mol. The highest BCUT2D eigenvalue weighted by molar-refractivity contribution is 6.00. The zero-order chi connectivity index (χ0) is 23.5. The number of benzene rings is 1. The van der Waals surface area contributed by atoms with E-state index >= 15 is 0 Å². The number of fused-ring (bicyclic) bond motifs is 1. The first-order valence-corrected chi connectivity index (χ1v) is 11.2. The number of amides is 1. The maximum atomic E-state index is 13.3. The summed E-state index contributed by atoms with van der Waals surface area (Å²) in [6.07, 6.45) is 3.83. The standard InChI is InChI=1S/C25H31N3O5/c1-15-22(25(30)33-12-11-31-3)16(2)27-23(15)24(29)28-9-7-17(8-10-28)20-14-26-21-6-5-18(32-4)13-19(20)21/h5-6,13-14,17,26-27H,7-12H2,1-4H3. The SMILES string of the molecule is COCCOC(=O)c1c(C)[nH]c(C(=O)N2CCC(c3c[nH]c4ccc(OC)cc34)CC2)c1C. The summed E-state index contributed by atoms with van der Waals surface area (Å²) in [5, 5.41) is 1.17. The number of hydrogen-bond donors (Lipinski definition) is 2. The summed E-state index contributed by atoms with van der Waals surface area (Å²) in [4.78, 5) is 34.1. The molecule has 1 aliphatic rings. The number of ether oxygens (including phenoxy) is 3. The van der Waals surface area contributed by atoms with Gasteiger partial charge in [-0.05, 0) is 61.9 Å². The van der Waals surface area contributed by atoms with Crippen molar-refractivity contribution >= 4 is 22.8 Å². The van der Waals surface area contributed by atoms with Crippen molar-refractivity contribution in [3.8, 4) is 5.75 Å². The van der Waals surface area contributed by atoms with Gasteiger partial charge in [-0.1, -0.05) is 0 Å². The lowest BCUT2D eigenvalue weighted by Gasteiger charge is -2.32. The highest BCUT2D eigenvalue weighted by Crippen LogP contribution is 2.35. The molecular formula is C25H31N3O5. The Morgan fingerprint density at radius 2 is 1.88 bits per heavy atom. The molecule has 8 heteroatoms. The van der Waals surface area contributed by atoms with Crippen molar-refractivity contribution in [3.05, 3.63) is 52.5 Å². The van der Waals surface area contributed by atoms with E-state index < -0.39 is 5.97 Å². The maximum absolute atomic E-state index is 13.3. The third kappa shape index (κ3) is 4.48. The molecule has 1 fully saturated rings. The van der Waals surface area contributed by atoms with Crippen molar-refractivity contribution in [3.63, 3.8) is 0 Å². The number of carbonyl (C=O) groups is 2. The number of aromatic nitrogens is 2. The van der Waals surface area contributed by atoms with Crippen LogP contribution in [0.1, 0.15) is 56.4 Å². The lowest BCUT2D eigenvalue weighted by Crippen LogP contribution is -2.38. The average Bonchev–Trinajstić information content (AvgIpc) is 3.38. The molecule has 0 unspecified atom stereocenters. The van der Waals surface area contributed by atoms with E-state index in [1.54, 1.807) is 28.1 Å². The highest BCUT2D eigenvalue weighted by Gasteiger charge is 2.30. The number of esters is 1. The van der Waals surface area contributed by atoms with Crippen molar-refractivity contribution < 1.29 is 23.8 Å². The summed E-state index contributed by atoms with van der Waals surface area (Å²) in [6, 6.07) is 6.05. The second-order valence-electron chi connectivity index (χ2n) is 8.48. The number of likely N-dealkylation sites (tertiary alicyclic amines) is 1. The molecule has 8 nitrogen and oxygen atoms in total. The maximum Gasteiger partial charge on any atom is 0.340 e. The van der Waals surface area contributed by atoms with Crippen LogP contribution in [0.4, 0.5) is 0 Å². The second-order valence-corrected chi connectivity index (χ2v) is 8.48. The van der Waals surface area contributed by atoms with Gasteiger partial charge in [0.05, 0.1) is 19.3 Å². The highest BCUT2D eigenvalue weighted by atomic mass is 16.6. The lowest BCUT2D eigenvalue weighted by molar-refractivity contribution is 0.0387. The van der Waals surface area contributed by atoms with Crippen LogP contribution in [-0.2, 0) is 9.47 Å². The van der Waals surface area contributed by atoms with Crippen LogP contribution in [0.15, 0.2) is 24.4 Å².